The average Bonchev–Trinajstić information content (AvgIpc) is 2.82. The maximum atomic E-state index is 13.5. The van der Waals surface area contributed by atoms with E-state index in [1.807, 2.05) is 0 Å². The Morgan fingerprint density at radius 2 is 2.05 bits per heavy atom. The van der Waals surface area contributed by atoms with E-state index >= 15 is 0 Å². The predicted octanol–water partition coefficient (Wildman–Crippen LogP) is 1.63. The monoisotopic (exact) mass is 294 g/mol. The van der Waals surface area contributed by atoms with Crippen molar-refractivity contribution in [2.75, 3.05) is 6.61 Å². The van der Waals surface area contributed by atoms with Crippen molar-refractivity contribution >= 4 is 10.0 Å². The Kier molecular flexibility index (Phi) is 3.15. The first-order chi connectivity index (χ1) is 9.58. The highest BCUT2D eigenvalue weighted by molar-refractivity contribution is 7.89. The lowest BCUT2D eigenvalue weighted by molar-refractivity contribution is 0.325. The van der Waals surface area contributed by atoms with Crippen LogP contribution in [0.25, 0.3) is 0 Å². The van der Waals surface area contributed by atoms with Gasteiger partial charge in [0.15, 0.2) is 5.82 Å². The number of sulfonamides is 1. The second-order valence-corrected chi connectivity index (χ2v) is 5.94. The van der Waals surface area contributed by atoms with Crippen molar-refractivity contribution < 1.29 is 17.5 Å². The first-order valence-electron chi connectivity index (χ1n) is 5.92. The van der Waals surface area contributed by atoms with Gasteiger partial charge in [0, 0.05) is 11.8 Å². The molecule has 0 saturated heterocycles. The molecule has 0 bridgehead atoms. The van der Waals surface area contributed by atoms with Crippen LogP contribution in [-0.2, 0) is 10.0 Å². The van der Waals surface area contributed by atoms with Gasteiger partial charge in [0.25, 0.3) is 10.0 Å². The number of para-hydroxylation sites is 1. The quantitative estimate of drug-likeness (QED) is 0.934. The molecule has 1 atom stereocenters. The molecule has 0 aliphatic carbocycles. The van der Waals surface area contributed by atoms with E-state index in [9.17, 15) is 12.8 Å². The summed E-state index contributed by atoms with van der Waals surface area (Å²) in [7, 11) is -4.03. The highest BCUT2D eigenvalue weighted by Gasteiger charge is 2.30. The van der Waals surface area contributed by atoms with Crippen LogP contribution in [-0.4, -0.2) is 20.0 Å². The first-order valence-corrected chi connectivity index (χ1v) is 7.41. The number of nitrogens with zero attached hydrogens (tertiary/aromatic N) is 1. The van der Waals surface area contributed by atoms with Gasteiger partial charge in [-0.3, -0.25) is 0 Å². The van der Waals surface area contributed by atoms with Crippen LogP contribution in [0.3, 0.4) is 0 Å². The molecule has 0 spiro atoms. The summed E-state index contributed by atoms with van der Waals surface area (Å²) in [5, 5.41) is -0.607. The molecule has 0 radical (unpaired) electrons. The van der Waals surface area contributed by atoms with Crippen LogP contribution in [0.5, 0.6) is 5.75 Å². The lowest BCUT2D eigenvalue weighted by Crippen LogP contribution is -2.30. The molecule has 5 nitrogen and oxygen atoms in total. The molecule has 0 saturated carbocycles. The second kappa shape index (κ2) is 4.84. The number of aromatic nitrogens is 1. The largest absolute Gasteiger partial charge is 0.491 e. The summed E-state index contributed by atoms with van der Waals surface area (Å²) in [6.45, 7) is 0.174. The van der Waals surface area contributed by atoms with Crippen LogP contribution in [0.2, 0.25) is 0 Å². The fourth-order valence-corrected chi connectivity index (χ4v) is 3.28. The highest BCUT2D eigenvalue weighted by Crippen LogP contribution is 2.32. The fraction of sp³-hybridized carbons (Fsp3) is 0.154. The van der Waals surface area contributed by atoms with Gasteiger partial charge in [0.2, 0.25) is 5.03 Å². The van der Waals surface area contributed by atoms with Crippen molar-refractivity contribution in [1.29, 1.82) is 0 Å². The van der Waals surface area contributed by atoms with Gasteiger partial charge in [-0.1, -0.05) is 18.2 Å². The van der Waals surface area contributed by atoms with E-state index in [4.69, 9.17) is 4.74 Å². The summed E-state index contributed by atoms with van der Waals surface area (Å²) in [4.78, 5) is 3.58. The van der Waals surface area contributed by atoms with Gasteiger partial charge in [-0.2, -0.15) is 4.72 Å². The maximum absolute atomic E-state index is 13.5. The normalized spacial score (nSPS) is 17.6. The van der Waals surface area contributed by atoms with E-state index in [0.29, 0.717) is 5.75 Å². The minimum Gasteiger partial charge on any atom is -0.491 e. The van der Waals surface area contributed by atoms with Gasteiger partial charge < -0.3 is 4.74 Å². The number of nitrogens with one attached hydrogen (secondary N) is 1. The minimum atomic E-state index is -4.03. The summed E-state index contributed by atoms with van der Waals surface area (Å²) >= 11 is 0. The molecule has 3 rings (SSSR count). The molecule has 104 valence electrons. The summed E-state index contributed by atoms with van der Waals surface area (Å²) in [5.74, 6) is -0.256. The molecule has 0 amide bonds. The van der Waals surface area contributed by atoms with Crippen LogP contribution in [0.15, 0.2) is 47.6 Å². The van der Waals surface area contributed by atoms with Crippen molar-refractivity contribution in [1.82, 2.24) is 9.71 Å². The number of hydrogen-bond donors (Lipinski definition) is 1. The Morgan fingerprint density at radius 1 is 1.25 bits per heavy atom. The Morgan fingerprint density at radius 3 is 2.85 bits per heavy atom. The number of rotatable bonds is 3. The van der Waals surface area contributed by atoms with Crippen LogP contribution < -0.4 is 9.46 Å². The van der Waals surface area contributed by atoms with Crippen molar-refractivity contribution in [3.05, 3.63) is 54.0 Å². The zero-order chi connectivity index (χ0) is 14.2. The Labute approximate surface area is 115 Å². The third-order valence-corrected chi connectivity index (χ3v) is 4.38. The van der Waals surface area contributed by atoms with Crippen LogP contribution in [0, 0.1) is 5.82 Å². The van der Waals surface area contributed by atoms with E-state index in [0.717, 1.165) is 11.6 Å². The number of pyridine rings is 1. The van der Waals surface area contributed by atoms with Gasteiger partial charge in [0.1, 0.15) is 12.4 Å². The van der Waals surface area contributed by atoms with Crippen LogP contribution in [0.4, 0.5) is 4.39 Å². The molecule has 1 N–H and O–H groups in total. The first kappa shape index (κ1) is 13.0. The van der Waals surface area contributed by atoms with Gasteiger partial charge in [0.05, 0.1) is 6.04 Å². The molecule has 7 heteroatoms. The van der Waals surface area contributed by atoms with E-state index < -0.39 is 26.9 Å². The zero-order valence-corrected chi connectivity index (χ0v) is 11.1. The molecule has 1 unspecified atom stereocenters. The lowest BCUT2D eigenvalue weighted by Gasteiger charge is -2.12. The molecular formula is C13H11FN2O3S. The van der Waals surface area contributed by atoms with Crippen LogP contribution in [0.1, 0.15) is 11.6 Å². The summed E-state index contributed by atoms with van der Waals surface area (Å²) < 4.78 is 45.6. The molecule has 1 aromatic carbocycles. The van der Waals surface area contributed by atoms with Crippen LogP contribution >= 0.6 is 0 Å². The van der Waals surface area contributed by atoms with Crippen molar-refractivity contribution in [3.8, 4) is 5.75 Å². The summed E-state index contributed by atoms with van der Waals surface area (Å²) in [5.41, 5.74) is 0.729. The third-order valence-electron chi connectivity index (χ3n) is 2.98. The van der Waals surface area contributed by atoms with Gasteiger partial charge in [-0.25, -0.2) is 17.8 Å². The highest BCUT2D eigenvalue weighted by atomic mass is 32.2. The zero-order valence-electron chi connectivity index (χ0n) is 10.3. The Balaban J connectivity index is 1.91. The lowest BCUT2D eigenvalue weighted by atomic mass is 10.1. The van der Waals surface area contributed by atoms with Gasteiger partial charge in [-0.05, 0) is 18.2 Å². The van der Waals surface area contributed by atoms with Gasteiger partial charge in [-0.15, -0.1) is 0 Å². The van der Waals surface area contributed by atoms with Crippen molar-refractivity contribution in [2.24, 2.45) is 0 Å². The smallest absolute Gasteiger partial charge is 0.261 e. The number of hydrogen-bond acceptors (Lipinski definition) is 4. The fourth-order valence-electron chi connectivity index (χ4n) is 2.07. The molecule has 1 aromatic heterocycles. The number of halogens is 1. The Bertz CT molecular complexity index is 749. The molecule has 20 heavy (non-hydrogen) atoms. The van der Waals surface area contributed by atoms with Crippen molar-refractivity contribution in [3.63, 3.8) is 0 Å². The average molecular weight is 294 g/mol. The molecule has 2 heterocycles. The molecule has 0 fully saturated rings. The number of ether oxygens (including phenoxy) is 1. The Hall–Kier alpha value is -1.99. The van der Waals surface area contributed by atoms with E-state index in [1.54, 1.807) is 24.3 Å². The molecule has 1 aliphatic heterocycles. The van der Waals surface area contributed by atoms with E-state index in [1.165, 1.54) is 12.3 Å². The molecule has 1 aliphatic rings. The number of fused-ring (bicyclic) bond motifs is 1. The molecular weight excluding hydrogens is 283 g/mol. The maximum Gasteiger partial charge on any atom is 0.261 e. The number of benzene rings is 1. The van der Waals surface area contributed by atoms with E-state index in [2.05, 4.69) is 9.71 Å². The minimum absolute atomic E-state index is 0.174. The third kappa shape index (κ3) is 2.25. The topological polar surface area (TPSA) is 68.3 Å². The van der Waals surface area contributed by atoms with E-state index in [-0.39, 0.29) is 6.61 Å². The summed E-state index contributed by atoms with van der Waals surface area (Å²) in [6.07, 6.45) is 1.23. The second-order valence-electron chi connectivity index (χ2n) is 4.31. The SMILES string of the molecule is O=S(=O)(NC1COc2ccccc21)c1ncccc1F. The summed E-state index contributed by atoms with van der Waals surface area (Å²) in [6, 6.07) is 8.96. The molecule has 2 aromatic rings. The standard InChI is InChI=1S/C13H11FN2O3S/c14-10-5-3-7-15-13(10)20(17,18)16-11-8-19-12-6-2-1-4-9(11)12/h1-7,11,16H,8H2. The van der Waals surface area contributed by atoms with Crippen molar-refractivity contribution in [2.45, 2.75) is 11.1 Å². The predicted molar refractivity (Wildman–Crippen MR) is 69.2 cm³/mol. The van der Waals surface area contributed by atoms with Gasteiger partial charge >= 0.3 is 0 Å².